The molecule has 0 heterocycles. The fourth-order valence-electron chi connectivity index (χ4n) is 1.12. The molecule has 0 aromatic carbocycles. The Morgan fingerprint density at radius 3 is 2.11 bits per heavy atom. The Bertz CT molecular complexity index is 281. The van der Waals surface area contributed by atoms with E-state index in [1.54, 1.807) is 0 Å². The summed E-state index contributed by atoms with van der Waals surface area (Å²) in [4.78, 5) is 11.8. The predicted molar refractivity (Wildman–Crippen MR) is 54.8 cm³/mol. The van der Waals surface area contributed by atoms with Gasteiger partial charge in [-0.2, -0.15) is 26.3 Å². The number of ether oxygens (including phenoxy) is 1. The number of hydrogen-bond acceptors (Lipinski definition) is 2. The van der Waals surface area contributed by atoms with E-state index in [-0.39, 0.29) is 12.4 Å². The third kappa shape index (κ3) is 10.9. The van der Waals surface area contributed by atoms with Crippen LogP contribution in [0, 0.1) is 0 Å². The maximum atomic E-state index is 12.1. The van der Waals surface area contributed by atoms with Gasteiger partial charge in [0, 0.05) is 12.4 Å². The second kappa shape index (κ2) is 7.78. The first-order chi connectivity index (χ1) is 8.55. The summed E-state index contributed by atoms with van der Waals surface area (Å²) in [5.74, 6) is -1.16. The zero-order chi connectivity index (χ0) is 15.1. The Morgan fingerprint density at radius 2 is 1.68 bits per heavy atom. The van der Waals surface area contributed by atoms with E-state index >= 15 is 0 Å². The Hall–Kier alpha value is -0.700. The van der Waals surface area contributed by atoms with Crippen LogP contribution in [0.1, 0.15) is 6.42 Å². The van der Waals surface area contributed by atoms with Crippen molar-refractivity contribution in [1.82, 2.24) is 4.90 Å². The zero-order valence-electron chi connectivity index (χ0n) is 9.65. The molecule has 0 radical (unpaired) electrons. The van der Waals surface area contributed by atoms with E-state index in [4.69, 9.17) is 11.6 Å². The van der Waals surface area contributed by atoms with Crippen LogP contribution >= 0.6 is 11.6 Å². The molecule has 0 N–H and O–H groups in total. The van der Waals surface area contributed by atoms with E-state index < -0.39 is 44.4 Å². The van der Waals surface area contributed by atoms with Crippen molar-refractivity contribution in [2.75, 3.05) is 32.2 Å². The highest BCUT2D eigenvalue weighted by molar-refractivity contribution is 6.18. The average Bonchev–Trinajstić information content (AvgIpc) is 2.20. The van der Waals surface area contributed by atoms with Gasteiger partial charge in [-0.3, -0.25) is 4.79 Å². The number of amides is 1. The van der Waals surface area contributed by atoms with Gasteiger partial charge in [-0.05, 0) is 0 Å². The minimum atomic E-state index is -4.59. The maximum Gasteiger partial charge on any atom is 0.411 e. The Balaban J connectivity index is 4.12. The molecule has 10 heteroatoms. The maximum absolute atomic E-state index is 12.1. The van der Waals surface area contributed by atoms with E-state index in [2.05, 4.69) is 4.74 Å². The van der Waals surface area contributed by atoms with Gasteiger partial charge in [-0.25, -0.2) is 0 Å². The molecule has 0 bridgehead atoms. The number of alkyl halides is 7. The molecule has 0 fully saturated rings. The first-order valence-electron chi connectivity index (χ1n) is 5.10. The quantitative estimate of drug-likeness (QED) is 0.410. The van der Waals surface area contributed by atoms with E-state index in [9.17, 15) is 31.1 Å². The summed E-state index contributed by atoms with van der Waals surface area (Å²) in [7, 11) is 0. The van der Waals surface area contributed by atoms with Crippen LogP contribution in [0.3, 0.4) is 0 Å². The summed E-state index contributed by atoms with van der Waals surface area (Å²) < 4.78 is 75.6. The number of hydrogen-bond donors (Lipinski definition) is 0. The van der Waals surface area contributed by atoms with Gasteiger partial charge in [0.2, 0.25) is 5.91 Å². The van der Waals surface area contributed by atoms with E-state index in [0.717, 1.165) is 0 Å². The smallest absolute Gasteiger partial charge is 0.372 e. The lowest BCUT2D eigenvalue weighted by atomic mass is 10.3. The third-order valence-corrected chi connectivity index (χ3v) is 1.97. The SMILES string of the molecule is O=C(CCOCC(F)(F)F)N(CCCl)CC(F)(F)F. The molecule has 0 spiro atoms. The van der Waals surface area contributed by atoms with Gasteiger partial charge in [0.05, 0.1) is 13.0 Å². The normalized spacial score (nSPS) is 12.6. The molecule has 3 nitrogen and oxygen atoms in total. The molecular formula is C9H12ClF6NO2. The molecule has 0 rings (SSSR count). The lowest BCUT2D eigenvalue weighted by molar-refractivity contribution is -0.176. The first kappa shape index (κ1) is 18.3. The molecule has 0 aromatic rings. The molecule has 19 heavy (non-hydrogen) atoms. The lowest BCUT2D eigenvalue weighted by Crippen LogP contribution is -2.40. The molecule has 114 valence electrons. The number of rotatable bonds is 7. The lowest BCUT2D eigenvalue weighted by Gasteiger charge is -2.23. The van der Waals surface area contributed by atoms with E-state index in [0.29, 0.717) is 4.90 Å². The van der Waals surface area contributed by atoms with Crippen molar-refractivity contribution in [2.24, 2.45) is 0 Å². The average molecular weight is 316 g/mol. The summed E-state index contributed by atoms with van der Waals surface area (Å²) in [6.07, 6.45) is -9.69. The second-order valence-electron chi connectivity index (χ2n) is 3.54. The van der Waals surface area contributed by atoms with Crippen LogP contribution in [-0.2, 0) is 9.53 Å². The van der Waals surface area contributed by atoms with Crippen molar-refractivity contribution in [3.63, 3.8) is 0 Å². The molecule has 0 aliphatic heterocycles. The highest BCUT2D eigenvalue weighted by Gasteiger charge is 2.32. The standard InChI is InChI=1S/C9H12ClF6NO2/c10-2-3-17(5-8(11,12)13)7(18)1-4-19-6-9(14,15)16/h1-6H2. The molecule has 0 unspecified atom stereocenters. The first-order valence-corrected chi connectivity index (χ1v) is 5.63. The summed E-state index contributed by atoms with van der Waals surface area (Å²) in [5, 5.41) is 0. The van der Waals surface area contributed by atoms with Crippen molar-refractivity contribution in [1.29, 1.82) is 0 Å². The molecule has 0 atom stereocenters. The van der Waals surface area contributed by atoms with Crippen molar-refractivity contribution >= 4 is 17.5 Å². The van der Waals surface area contributed by atoms with Gasteiger partial charge in [-0.15, -0.1) is 11.6 Å². The molecule has 0 aliphatic carbocycles. The largest absolute Gasteiger partial charge is 0.411 e. The van der Waals surface area contributed by atoms with Gasteiger partial charge in [0.25, 0.3) is 0 Å². The predicted octanol–water partition coefficient (Wildman–Crippen LogP) is 2.59. The van der Waals surface area contributed by atoms with Crippen molar-refractivity contribution < 1.29 is 35.9 Å². The Kier molecular flexibility index (Phi) is 7.50. The van der Waals surface area contributed by atoms with Crippen molar-refractivity contribution in [3.8, 4) is 0 Å². The van der Waals surface area contributed by atoms with Gasteiger partial charge < -0.3 is 9.64 Å². The molecule has 0 saturated carbocycles. The fraction of sp³-hybridized carbons (Fsp3) is 0.889. The third-order valence-electron chi connectivity index (χ3n) is 1.80. The van der Waals surface area contributed by atoms with E-state index in [1.807, 2.05) is 0 Å². The van der Waals surface area contributed by atoms with Crippen molar-refractivity contribution in [3.05, 3.63) is 0 Å². The highest BCUT2D eigenvalue weighted by Crippen LogP contribution is 2.17. The Morgan fingerprint density at radius 1 is 1.11 bits per heavy atom. The number of nitrogens with zero attached hydrogens (tertiary/aromatic N) is 1. The molecular weight excluding hydrogens is 304 g/mol. The van der Waals surface area contributed by atoms with Crippen LogP contribution in [0.2, 0.25) is 0 Å². The number of halogens is 7. The molecule has 0 saturated heterocycles. The number of carbonyl (C=O) groups excluding carboxylic acids is 1. The topological polar surface area (TPSA) is 29.5 Å². The van der Waals surface area contributed by atoms with Crippen molar-refractivity contribution in [2.45, 2.75) is 18.8 Å². The van der Waals surface area contributed by atoms with E-state index in [1.165, 1.54) is 0 Å². The summed E-state index contributed by atoms with van der Waals surface area (Å²) in [5.41, 5.74) is 0. The number of carbonyl (C=O) groups is 1. The fourth-order valence-corrected chi connectivity index (χ4v) is 1.32. The van der Waals surface area contributed by atoms with Crippen LogP contribution < -0.4 is 0 Å². The van der Waals surface area contributed by atoms with Gasteiger partial charge in [-0.1, -0.05) is 0 Å². The van der Waals surface area contributed by atoms with Crippen LogP contribution in [0.15, 0.2) is 0 Å². The van der Waals surface area contributed by atoms with Crippen LogP contribution in [0.25, 0.3) is 0 Å². The summed E-state index contributed by atoms with van der Waals surface area (Å²) in [6.45, 7) is -3.97. The summed E-state index contributed by atoms with van der Waals surface area (Å²) >= 11 is 5.25. The summed E-state index contributed by atoms with van der Waals surface area (Å²) in [6, 6.07) is 0. The Labute approximate surface area is 110 Å². The minimum Gasteiger partial charge on any atom is -0.372 e. The van der Waals surface area contributed by atoms with Crippen LogP contribution in [0.5, 0.6) is 0 Å². The molecule has 0 aromatic heterocycles. The second-order valence-corrected chi connectivity index (χ2v) is 3.92. The van der Waals surface area contributed by atoms with Crippen LogP contribution in [0.4, 0.5) is 26.3 Å². The van der Waals surface area contributed by atoms with Gasteiger partial charge in [0.1, 0.15) is 13.2 Å². The monoisotopic (exact) mass is 315 g/mol. The van der Waals surface area contributed by atoms with Gasteiger partial charge in [0.15, 0.2) is 0 Å². The van der Waals surface area contributed by atoms with Gasteiger partial charge >= 0.3 is 12.4 Å². The van der Waals surface area contributed by atoms with Crippen LogP contribution in [-0.4, -0.2) is 55.3 Å². The minimum absolute atomic E-state index is 0.203. The molecule has 0 aliphatic rings. The highest BCUT2D eigenvalue weighted by atomic mass is 35.5. The molecule has 1 amide bonds. The zero-order valence-corrected chi connectivity index (χ0v) is 10.4.